The summed E-state index contributed by atoms with van der Waals surface area (Å²) < 4.78 is 11.3. The van der Waals surface area contributed by atoms with E-state index in [4.69, 9.17) is 9.26 Å². The molecule has 3 heterocycles. The first kappa shape index (κ1) is 17.8. The normalized spacial score (nSPS) is 15.2. The standard InChI is InChI=1S/C19H20N4O3S/c24-19(16-12-27-13-20-16)23-9-6-15(7-10-23)25-11-8-17-21-18(26-22-17)14-4-2-1-3-5-14/h1-5,12-13,15H,6-11H2. The van der Waals surface area contributed by atoms with Gasteiger partial charge in [0.2, 0.25) is 0 Å². The molecule has 2 aromatic heterocycles. The molecule has 0 unspecified atom stereocenters. The fraction of sp³-hybridized carbons (Fsp3) is 0.368. The van der Waals surface area contributed by atoms with Gasteiger partial charge in [-0.15, -0.1) is 11.3 Å². The van der Waals surface area contributed by atoms with Crippen molar-refractivity contribution < 1.29 is 14.1 Å². The number of aromatic nitrogens is 3. The molecule has 0 saturated carbocycles. The van der Waals surface area contributed by atoms with Crippen LogP contribution in [0.2, 0.25) is 0 Å². The Kier molecular flexibility index (Phi) is 5.55. The summed E-state index contributed by atoms with van der Waals surface area (Å²) in [4.78, 5) is 22.6. The van der Waals surface area contributed by atoms with E-state index in [-0.39, 0.29) is 12.0 Å². The van der Waals surface area contributed by atoms with E-state index < -0.39 is 0 Å². The molecule has 0 aliphatic carbocycles. The number of likely N-dealkylation sites (tertiary alicyclic amines) is 1. The maximum Gasteiger partial charge on any atom is 0.273 e. The Hall–Kier alpha value is -2.58. The molecule has 7 nitrogen and oxygen atoms in total. The second-order valence-corrected chi connectivity index (χ2v) is 7.09. The van der Waals surface area contributed by atoms with Crippen LogP contribution in [-0.2, 0) is 11.2 Å². The predicted octanol–water partition coefficient (Wildman–Crippen LogP) is 3.06. The van der Waals surface area contributed by atoms with Crippen LogP contribution in [-0.4, -0.2) is 51.7 Å². The van der Waals surface area contributed by atoms with E-state index in [0.29, 0.717) is 43.5 Å². The van der Waals surface area contributed by atoms with E-state index in [1.165, 1.54) is 11.3 Å². The highest BCUT2D eigenvalue weighted by Gasteiger charge is 2.25. The quantitative estimate of drug-likeness (QED) is 0.650. The number of hydrogen-bond acceptors (Lipinski definition) is 7. The number of ether oxygens (including phenoxy) is 1. The smallest absolute Gasteiger partial charge is 0.273 e. The lowest BCUT2D eigenvalue weighted by Crippen LogP contribution is -2.41. The average molecular weight is 384 g/mol. The summed E-state index contributed by atoms with van der Waals surface area (Å²) in [7, 11) is 0. The fourth-order valence-electron chi connectivity index (χ4n) is 3.08. The van der Waals surface area contributed by atoms with Gasteiger partial charge in [0.05, 0.1) is 18.2 Å². The highest BCUT2D eigenvalue weighted by Crippen LogP contribution is 2.18. The summed E-state index contributed by atoms with van der Waals surface area (Å²) >= 11 is 1.44. The minimum absolute atomic E-state index is 0.00920. The van der Waals surface area contributed by atoms with Gasteiger partial charge in [-0.25, -0.2) is 4.98 Å². The van der Waals surface area contributed by atoms with E-state index in [0.717, 1.165) is 18.4 Å². The van der Waals surface area contributed by atoms with Crippen LogP contribution >= 0.6 is 11.3 Å². The third-order valence-electron chi connectivity index (χ3n) is 4.55. The third-order valence-corrected chi connectivity index (χ3v) is 5.14. The molecule has 8 heteroatoms. The van der Waals surface area contributed by atoms with Gasteiger partial charge in [-0.05, 0) is 25.0 Å². The number of piperidine rings is 1. The van der Waals surface area contributed by atoms with Crippen molar-refractivity contribution in [3.63, 3.8) is 0 Å². The first-order chi connectivity index (χ1) is 13.3. The molecule has 0 radical (unpaired) electrons. The van der Waals surface area contributed by atoms with Gasteiger partial charge in [0.1, 0.15) is 5.69 Å². The molecule has 1 amide bonds. The zero-order valence-corrected chi connectivity index (χ0v) is 15.6. The minimum Gasteiger partial charge on any atom is -0.378 e. The summed E-state index contributed by atoms with van der Waals surface area (Å²) in [6.07, 6.45) is 2.42. The maximum atomic E-state index is 12.3. The lowest BCUT2D eigenvalue weighted by atomic mass is 10.1. The molecule has 1 aliphatic heterocycles. The van der Waals surface area contributed by atoms with E-state index in [1.807, 2.05) is 35.2 Å². The van der Waals surface area contributed by atoms with Crippen LogP contribution in [0.15, 0.2) is 45.7 Å². The molecule has 1 fully saturated rings. The number of rotatable bonds is 6. The number of amides is 1. The number of nitrogens with zero attached hydrogens (tertiary/aromatic N) is 4. The lowest BCUT2D eigenvalue weighted by molar-refractivity contribution is 0.00933. The van der Waals surface area contributed by atoms with Crippen LogP contribution in [0, 0.1) is 0 Å². The lowest BCUT2D eigenvalue weighted by Gasteiger charge is -2.31. The summed E-state index contributed by atoms with van der Waals surface area (Å²) in [6, 6.07) is 9.70. The van der Waals surface area contributed by atoms with Gasteiger partial charge in [0.25, 0.3) is 11.8 Å². The molecular formula is C19H20N4O3S. The number of benzene rings is 1. The van der Waals surface area contributed by atoms with E-state index in [1.54, 1.807) is 10.9 Å². The SMILES string of the molecule is O=C(c1cscn1)N1CCC(OCCc2noc(-c3ccccc3)n2)CC1. The van der Waals surface area contributed by atoms with Gasteiger partial charge in [0.15, 0.2) is 5.82 Å². The second kappa shape index (κ2) is 8.41. The zero-order valence-electron chi connectivity index (χ0n) is 14.8. The van der Waals surface area contributed by atoms with Crippen LogP contribution in [0.1, 0.15) is 29.2 Å². The molecule has 4 rings (SSSR count). The maximum absolute atomic E-state index is 12.3. The Balaban J connectivity index is 1.21. The average Bonchev–Trinajstić information content (AvgIpc) is 3.41. The molecule has 0 N–H and O–H groups in total. The van der Waals surface area contributed by atoms with Gasteiger partial charge >= 0.3 is 0 Å². The van der Waals surface area contributed by atoms with E-state index >= 15 is 0 Å². The van der Waals surface area contributed by atoms with Gasteiger partial charge < -0.3 is 14.2 Å². The van der Waals surface area contributed by atoms with E-state index in [9.17, 15) is 4.79 Å². The van der Waals surface area contributed by atoms with Crippen molar-refractivity contribution in [1.29, 1.82) is 0 Å². The van der Waals surface area contributed by atoms with Crippen molar-refractivity contribution >= 4 is 17.2 Å². The third kappa shape index (κ3) is 4.40. The van der Waals surface area contributed by atoms with Gasteiger partial charge in [-0.3, -0.25) is 4.79 Å². The Morgan fingerprint density at radius 2 is 2.07 bits per heavy atom. The Labute approximate surface area is 161 Å². The first-order valence-corrected chi connectivity index (χ1v) is 9.91. The number of thiazole rings is 1. The molecule has 1 aromatic carbocycles. The van der Waals surface area contributed by atoms with Crippen molar-refractivity contribution in [2.75, 3.05) is 19.7 Å². The fourth-order valence-corrected chi connectivity index (χ4v) is 3.60. The number of carbonyl (C=O) groups is 1. The zero-order chi connectivity index (χ0) is 18.5. The van der Waals surface area contributed by atoms with Crippen LogP contribution in [0.3, 0.4) is 0 Å². The molecule has 27 heavy (non-hydrogen) atoms. The van der Waals surface area contributed by atoms with Gasteiger partial charge in [-0.1, -0.05) is 23.4 Å². The molecule has 1 aliphatic rings. The summed E-state index contributed by atoms with van der Waals surface area (Å²) in [5.74, 6) is 1.18. The molecule has 0 spiro atoms. The minimum atomic E-state index is 0.00920. The van der Waals surface area contributed by atoms with Crippen LogP contribution in [0.4, 0.5) is 0 Å². The summed E-state index contributed by atoms with van der Waals surface area (Å²) in [5.41, 5.74) is 3.13. The Morgan fingerprint density at radius 1 is 1.26 bits per heavy atom. The second-order valence-electron chi connectivity index (χ2n) is 6.37. The highest BCUT2D eigenvalue weighted by molar-refractivity contribution is 7.07. The van der Waals surface area contributed by atoms with Crippen molar-refractivity contribution in [1.82, 2.24) is 20.0 Å². The van der Waals surface area contributed by atoms with Crippen molar-refractivity contribution in [3.8, 4) is 11.5 Å². The largest absolute Gasteiger partial charge is 0.378 e. The first-order valence-electron chi connectivity index (χ1n) is 8.96. The molecule has 0 atom stereocenters. The van der Waals surface area contributed by atoms with Gasteiger partial charge in [-0.2, -0.15) is 4.98 Å². The molecule has 0 bridgehead atoms. The van der Waals surface area contributed by atoms with Gasteiger partial charge in [0, 0.05) is 30.5 Å². The topological polar surface area (TPSA) is 81.4 Å². The summed E-state index contributed by atoms with van der Waals surface area (Å²) in [5, 5.41) is 5.81. The number of hydrogen-bond donors (Lipinski definition) is 0. The van der Waals surface area contributed by atoms with E-state index in [2.05, 4.69) is 15.1 Å². The van der Waals surface area contributed by atoms with Crippen molar-refractivity contribution in [2.45, 2.75) is 25.4 Å². The Bertz CT molecular complexity index is 858. The summed E-state index contributed by atoms with van der Waals surface area (Å²) in [6.45, 7) is 1.93. The molecule has 1 saturated heterocycles. The Morgan fingerprint density at radius 3 is 2.81 bits per heavy atom. The van der Waals surface area contributed by atoms with Crippen LogP contribution in [0.5, 0.6) is 0 Å². The van der Waals surface area contributed by atoms with Crippen molar-refractivity contribution in [2.24, 2.45) is 0 Å². The van der Waals surface area contributed by atoms with Crippen LogP contribution < -0.4 is 0 Å². The predicted molar refractivity (Wildman–Crippen MR) is 100 cm³/mol. The van der Waals surface area contributed by atoms with Crippen molar-refractivity contribution in [3.05, 3.63) is 52.7 Å². The molecule has 3 aromatic rings. The highest BCUT2D eigenvalue weighted by atomic mass is 32.1. The number of carbonyl (C=O) groups excluding carboxylic acids is 1. The molecule has 140 valence electrons. The molecular weight excluding hydrogens is 364 g/mol. The monoisotopic (exact) mass is 384 g/mol. The van der Waals surface area contributed by atoms with Crippen LogP contribution in [0.25, 0.3) is 11.5 Å².